The van der Waals surface area contributed by atoms with E-state index in [0.29, 0.717) is 28.4 Å². The molecule has 0 saturated carbocycles. The number of fused-ring (bicyclic) bond motifs is 3. The molecular weight excluding hydrogens is 341 g/mol. The Morgan fingerprint density at radius 2 is 1.62 bits per heavy atom. The highest BCUT2D eigenvalue weighted by Crippen LogP contribution is 2.36. The zero-order valence-electron chi connectivity index (χ0n) is 13.1. The predicted molar refractivity (Wildman–Crippen MR) is 90.1 cm³/mol. The third kappa shape index (κ3) is 2.52. The summed E-state index contributed by atoms with van der Waals surface area (Å²) in [6, 6.07) is 12.1. The molecule has 0 radical (unpaired) electrons. The lowest BCUT2D eigenvalue weighted by molar-refractivity contribution is -0.137. The summed E-state index contributed by atoms with van der Waals surface area (Å²) in [7, 11) is 0. The molecular formula is C19H9F3N4. The van der Waals surface area contributed by atoms with Gasteiger partial charge in [0.2, 0.25) is 0 Å². The monoisotopic (exact) mass is 350 g/mol. The maximum absolute atomic E-state index is 12.7. The number of rotatable bonds is 1. The first-order chi connectivity index (χ1) is 12.5. The van der Waals surface area contributed by atoms with Crippen LogP contribution >= 0.6 is 0 Å². The van der Waals surface area contributed by atoms with E-state index < -0.39 is 11.7 Å². The van der Waals surface area contributed by atoms with Crippen LogP contribution in [0.5, 0.6) is 0 Å². The molecule has 0 spiro atoms. The van der Waals surface area contributed by atoms with Gasteiger partial charge in [0, 0.05) is 16.7 Å². The van der Waals surface area contributed by atoms with Crippen LogP contribution in [0.15, 0.2) is 59.8 Å². The molecule has 1 heterocycles. The van der Waals surface area contributed by atoms with Crippen LogP contribution in [0.2, 0.25) is 0 Å². The average Bonchev–Trinajstić information content (AvgIpc) is 2.95. The van der Waals surface area contributed by atoms with Crippen molar-refractivity contribution in [1.29, 1.82) is 0 Å². The standard InChI is InChI=1S/C19H9F3N4/c1-23-26-17-14-5-3-2-4-13(14)16-18(17)24-10-15(25-16)11-6-8-12(9-7-11)19(20,21)22/h2-10H/b26-17+. The van der Waals surface area contributed by atoms with E-state index in [2.05, 4.69) is 20.0 Å². The fourth-order valence-electron chi connectivity index (χ4n) is 2.89. The number of hydrogen-bond acceptors (Lipinski definition) is 3. The topological polar surface area (TPSA) is 42.5 Å². The summed E-state index contributed by atoms with van der Waals surface area (Å²) in [6.45, 7) is 6.99. The number of hydrogen-bond donors (Lipinski definition) is 0. The fraction of sp³-hybridized carbons (Fsp3) is 0.0526. The molecule has 0 saturated heterocycles. The van der Waals surface area contributed by atoms with Crippen molar-refractivity contribution >= 4 is 5.71 Å². The molecule has 1 aliphatic carbocycles. The smallest absolute Gasteiger partial charge is 0.250 e. The average molecular weight is 350 g/mol. The van der Waals surface area contributed by atoms with Crippen molar-refractivity contribution in [3.63, 3.8) is 0 Å². The Hall–Kier alpha value is -3.53. The SMILES string of the molecule is [C-]#[N+]/N=C1\c2ccccc2-c2nc(-c3ccc(C(F)(F)F)cc3)cnc21. The summed E-state index contributed by atoms with van der Waals surface area (Å²) < 4.78 is 38.2. The van der Waals surface area contributed by atoms with Crippen LogP contribution in [-0.4, -0.2) is 15.7 Å². The van der Waals surface area contributed by atoms with Crippen molar-refractivity contribution in [2.75, 3.05) is 0 Å². The van der Waals surface area contributed by atoms with E-state index in [1.807, 2.05) is 24.3 Å². The van der Waals surface area contributed by atoms with Gasteiger partial charge in [0.05, 0.1) is 28.2 Å². The highest BCUT2D eigenvalue weighted by atomic mass is 19.4. The summed E-state index contributed by atoms with van der Waals surface area (Å²) in [5, 5.41) is 3.83. The van der Waals surface area contributed by atoms with E-state index in [1.165, 1.54) is 18.3 Å². The van der Waals surface area contributed by atoms with Crippen LogP contribution < -0.4 is 0 Å². The minimum Gasteiger partial charge on any atom is -0.250 e. The van der Waals surface area contributed by atoms with Crippen molar-refractivity contribution in [2.24, 2.45) is 5.10 Å². The predicted octanol–water partition coefficient (Wildman–Crippen LogP) is 4.81. The van der Waals surface area contributed by atoms with E-state index in [9.17, 15) is 13.2 Å². The minimum atomic E-state index is -4.38. The van der Waals surface area contributed by atoms with Gasteiger partial charge in [-0.2, -0.15) is 19.7 Å². The Labute approximate surface area is 146 Å². The number of aromatic nitrogens is 2. The van der Waals surface area contributed by atoms with Crippen LogP contribution in [-0.2, 0) is 6.18 Å². The summed E-state index contributed by atoms with van der Waals surface area (Å²) in [5.41, 5.74) is 3.36. The van der Waals surface area contributed by atoms with Gasteiger partial charge in [-0.15, -0.1) is 4.95 Å². The zero-order chi connectivity index (χ0) is 18.3. The maximum Gasteiger partial charge on any atom is 0.416 e. The number of nitrogens with zero attached hydrogens (tertiary/aromatic N) is 4. The summed E-state index contributed by atoms with van der Waals surface area (Å²) in [5.74, 6) is 0. The Morgan fingerprint density at radius 1 is 0.923 bits per heavy atom. The highest BCUT2D eigenvalue weighted by Gasteiger charge is 2.31. The molecule has 0 aliphatic heterocycles. The fourth-order valence-corrected chi connectivity index (χ4v) is 2.89. The molecule has 1 aliphatic rings. The van der Waals surface area contributed by atoms with Gasteiger partial charge in [0.15, 0.2) is 5.71 Å². The molecule has 26 heavy (non-hydrogen) atoms. The Morgan fingerprint density at radius 3 is 2.27 bits per heavy atom. The van der Waals surface area contributed by atoms with Crippen molar-refractivity contribution in [1.82, 2.24) is 9.97 Å². The molecule has 4 nitrogen and oxygen atoms in total. The van der Waals surface area contributed by atoms with Gasteiger partial charge in [0.1, 0.15) is 5.69 Å². The summed E-state index contributed by atoms with van der Waals surface area (Å²) in [6.07, 6.45) is -2.90. The first kappa shape index (κ1) is 16.0. The van der Waals surface area contributed by atoms with Crippen molar-refractivity contribution in [3.05, 3.63) is 83.1 Å². The minimum absolute atomic E-state index is 0.455. The molecule has 0 atom stereocenters. The molecule has 1 aromatic heterocycles. The van der Waals surface area contributed by atoms with Crippen LogP contribution in [0.1, 0.15) is 16.8 Å². The summed E-state index contributed by atoms with van der Waals surface area (Å²) >= 11 is 0. The molecule has 4 rings (SSSR count). The molecule has 3 aromatic rings. The molecule has 0 bridgehead atoms. The van der Waals surface area contributed by atoms with E-state index >= 15 is 0 Å². The Kier molecular flexibility index (Phi) is 3.55. The van der Waals surface area contributed by atoms with Crippen molar-refractivity contribution in [3.8, 4) is 22.5 Å². The van der Waals surface area contributed by atoms with E-state index in [0.717, 1.165) is 23.3 Å². The Bertz CT molecular complexity index is 1080. The number of halogens is 3. The second-order valence-electron chi connectivity index (χ2n) is 5.62. The lowest BCUT2D eigenvalue weighted by atomic mass is 10.1. The van der Waals surface area contributed by atoms with Gasteiger partial charge in [-0.1, -0.05) is 36.4 Å². The molecule has 0 N–H and O–H groups in total. The van der Waals surface area contributed by atoms with Crippen LogP contribution in [0, 0.1) is 6.57 Å². The third-order valence-corrected chi connectivity index (χ3v) is 4.09. The molecule has 0 fully saturated rings. The highest BCUT2D eigenvalue weighted by molar-refractivity contribution is 6.22. The lowest BCUT2D eigenvalue weighted by Gasteiger charge is -2.08. The first-order valence-electron chi connectivity index (χ1n) is 7.58. The van der Waals surface area contributed by atoms with Crippen molar-refractivity contribution in [2.45, 2.75) is 6.18 Å². The van der Waals surface area contributed by atoms with Gasteiger partial charge in [0.25, 0.3) is 0 Å². The van der Waals surface area contributed by atoms with Gasteiger partial charge < -0.3 is 0 Å². The normalized spacial score (nSPS) is 14.0. The molecule has 2 aromatic carbocycles. The van der Waals surface area contributed by atoms with E-state index in [-0.39, 0.29) is 0 Å². The number of benzene rings is 2. The van der Waals surface area contributed by atoms with Crippen molar-refractivity contribution < 1.29 is 13.2 Å². The molecule has 0 amide bonds. The van der Waals surface area contributed by atoms with Crippen LogP contribution in [0.4, 0.5) is 13.2 Å². The second-order valence-corrected chi connectivity index (χ2v) is 5.62. The van der Waals surface area contributed by atoms with Gasteiger partial charge >= 0.3 is 6.18 Å². The Balaban J connectivity index is 1.83. The number of alkyl halides is 3. The molecule has 0 unspecified atom stereocenters. The zero-order valence-corrected chi connectivity index (χ0v) is 13.1. The van der Waals surface area contributed by atoms with Crippen LogP contribution in [0.3, 0.4) is 0 Å². The quantitative estimate of drug-likeness (QED) is 0.365. The van der Waals surface area contributed by atoms with E-state index in [4.69, 9.17) is 6.57 Å². The van der Waals surface area contributed by atoms with Gasteiger partial charge in [-0.25, -0.2) is 9.97 Å². The molecule has 7 heteroatoms. The van der Waals surface area contributed by atoms with Crippen LogP contribution in [0.25, 0.3) is 27.5 Å². The third-order valence-electron chi connectivity index (χ3n) is 4.09. The maximum atomic E-state index is 12.7. The summed E-state index contributed by atoms with van der Waals surface area (Å²) in [4.78, 5) is 12.0. The lowest BCUT2D eigenvalue weighted by Crippen LogP contribution is -2.04. The molecule has 126 valence electrons. The van der Waals surface area contributed by atoms with Gasteiger partial charge in [-0.3, -0.25) is 0 Å². The first-order valence-corrected chi connectivity index (χ1v) is 7.58. The van der Waals surface area contributed by atoms with Gasteiger partial charge in [-0.05, 0) is 12.1 Å². The van der Waals surface area contributed by atoms with E-state index in [1.54, 1.807) is 0 Å². The largest absolute Gasteiger partial charge is 0.416 e. The second kappa shape index (κ2) is 5.77.